The van der Waals surface area contributed by atoms with Crippen LogP contribution in [0.4, 0.5) is 17.6 Å². The van der Waals surface area contributed by atoms with E-state index in [4.69, 9.17) is 0 Å². The Hall–Kier alpha value is -1.84. The molecule has 0 aliphatic heterocycles. The molecule has 0 atom stereocenters. The predicted molar refractivity (Wildman–Crippen MR) is 114 cm³/mol. The van der Waals surface area contributed by atoms with Gasteiger partial charge in [-0.05, 0) is 79.0 Å². The first-order chi connectivity index (χ1) is 14.5. The monoisotopic (exact) mass is 420 g/mol. The maximum Gasteiger partial charge on any atom is 0.162 e. The van der Waals surface area contributed by atoms with Crippen LogP contribution in [-0.2, 0) is 12.8 Å². The maximum absolute atomic E-state index is 14.7. The molecule has 0 heterocycles. The average molecular weight is 421 g/mol. The molecule has 2 aromatic carbocycles. The zero-order valence-electron chi connectivity index (χ0n) is 18.0. The van der Waals surface area contributed by atoms with Crippen molar-refractivity contribution in [2.24, 2.45) is 0 Å². The van der Waals surface area contributed by atoms with Gasteiger partial charge in [0.15, 0.2) is 23.3 Å². The molecule has 3 rings (SSSR count). The van der Waals surface area contributed by atoms with E-state index in [-0.39, 0.29) is 11.8 Å². The molecule has 1 aliphatic carbocycles. The van der Waals surface area contributed by atoms with Crippen molar-refractivity contribution in [2.45, 2.75) is 89.9 Å². The number of hydrogen-bond acceptors (Lipinski definition) is 0. The highest BCUT2D eigenvalue weighted by Gasteiger charge is 2.29. The van der Waals surface area contributed by atoms with Gasteiger partial charge in [0.05, 0.1) is 0 Å². The Morgan fingerprint density at radius 3 is 1.50 bits per heavy atom. The summed E-state index contributed by atoms with van der Waals surface area (Å²) in [5, 5.41) is 0. The van der Waals surface area contributed by atoms with Gasteiger partial charge in [-0.15, -0.1) is 0 Å². The lowest BCUT2D eigenvalue weighted by Gasteiger charge is -2.30. The molecular formula is C26H32F4. The first-order valence-electron chi connectivity index (χ1n) is 11.4. The molecule has 0 spiro atoms. The lowest BCUT2D eigenvalue weighted by molar-refractivity contribution is 0.369. The highest BCUT2D eigenvalue weighted by Crippen LogP contribution is 2.42. The lowest BCUT2D eigenvalue weighted by Crippen LogP contribution is -2.16. The Morgan fingerprint density at radius 1 is 0.600 bits per heavy atom. The molecule has 4 heteroatoms. The summed E-state index contributed by atoms with van der Waals surface area (Å²) in [6, 6.07) is 6.84. The van der Waals surface area contributed by atoms with E-state index in [1.54, 1.807) is 24.3 Å². The normalized spacial score (nSPS) is 19.3. The highest BCUT2D eigenvalue weighted by molar-refractivity contribution is 5.32. The topological polar surface area (TPSA) is 0 Å². The van der Waals surface area contributed by atoms with E-state index >= 15 is 0 Å². The van der Waals surface area contributed by atoms with Crippen molar-refractivity contribution in [3.63, 3.8) is 0 Å². The largest absolute Gasteiger partial charge is 0.203 e. The van der Waals surface area contributed by atoms with Gasteiger partial charge in [-0.3, -0.25) is 0 Å². The van der Waals surface area contributed by atoms with Crippen LogP contribution in [0.2, 0.25) is 0 Å². The predicted octanol–water partition coefficient (Wildman–Crippen LogP) is 8.37. The van der Waals surface area contributed by atoms with Gasteiger partial charge >= 0.3 is 0 Å². The molecular weight excluding hydrogens is 388 g/mol. The van der Waals surface area contributed by atoms with Crippen LogP contribution in [0.25, 0.3) is 0 Å². The Labute approximate surface area is 177 Å². The fraction of sp³-hybridized carbons (Fsp3) is 0.538. The summed E-state index contributed by atoms with van der Waals surface area (Å²) in [5.74, 6) is -3.07. The second-order valence-electron chi connectivity index (χ2n) is 8.64. The van der Waals surface area contributed by atoms with Gasteiger partial charge in [-0.25, -0.2) is 17.6 Å². The zero-order chi connectivity index (χ0) is 21.7. The molecule has 2 aromatic rings. The van der Waals surface area contributed by atoms with Crippen LogP contribution in [0.1, 0.15) is 99.3 Å². The molecule has 0 N–H and O–H groups in total. The summed E-state index contributed by atoms with van der Waals surface area (Å²) in [6.07, 6.45) is 7.33. The number of unbranched alkanes of at least 4 members (excludes halogenated alkanes) is 2. The third-order valence-corrected chi connectivity index (χ3v) is 6.56. The molecule has 1 saturated carbocycles. The Balaban J connectivity index is 1.69. The molecule has 0 amide bonds. The first kappa shape index (κ1) is 22.8. The Bertz CT molecular complexity index is 851. The van der Waals surface area contributed by atoms with Gasteiger partial charge in [0.1, 0.15) is 0 Å². The third-order valence-electron chi connectivity index (χ3n) is 6.56. The SMILES string of the molecule is CCCCCc1ccc(C2CCC(c3ccc(CCC)c(F)c3F)CC2)c(F)c1F. The van der Waals surface area contributed by atoms with Crippen LogP contribution < -0.4 is 0 Å². The standard InChI is InChI=1S/C26H32F4/c1-3-5-6-8-20-14-16-22(26(30)24(20)28)18-11-9-17(10-12-18)21-15-13-19(7-4-2)23(27)25(21)29/h13-18H,3-12H2,1-2H3. The van der Waals surface area contributed by atoms with Crippen molar-refractivity contribution in [1.29, 1.82) is 0 Å². The highest BCUT2D eigenvalue weighted by atomic mass is 19.2. The molecule has 0 unspecified atom stereocenters. The van der Waals surface area contributed by atoms with Crippen LogP contribution >= 0.6 is 0 Å². The van der Waals surface area contributed by atoms with Crippen molar-refractivity contribution in [3.05, 3.63) is 69.8 Å². The fourth-order valence-electron chi connectivity index (χ4n) is 4.78. The van der Waals surface area contributed by atoms with Crippen molar-refractivity contribution >= 4 is 0 Å². The average Bonchev–Trinajstić information content (AvgIpc) is 2.75. The number of halogens is 4. The second-order valence-corrected chi connectivity index (χ2v) is 8.64. The number of hydrogen-bond donors (Lipinski definition) is 0. The summed E-state index contributed by atoms with van der Waals surface area (Å²) in [6.45, 7) is 4.02. The quantitative estimate of drug-likeness (QED) is 0.297. The van der Waals surface area contributed by atoms with Crippen molar-refractivity contribution in [2.75, 3.05) is 0 Å². The van der Waals surface area contributed by atoms with Gasteiger partial charge in [-0.2, -0.15) is 0 Å². The molecule has 1 aliphatic rings. The maximum atomic E-state index is 14.7. The summed E-state index contributed by atoms with van der Waals surface area (Å²) in [7, 11) is 0. The summed E-state index contributed by atoms with van der Waals surface area (Å²) in [4.78, 5) is 0. The third kappa shape index (κ3) is 4.90. The molecule has 1 fully saturated rings. The van der Waals surface area contributed by atoms with E-state index in [1.165, 1.54) is 0 Å². The van der Waals surface area contributed by atoms with Crippen molar-refractivity contribution in [1.82, 2.24) is 0 Å². The zero-order valence-corrected chi connectivity index (χ0v) is 18.0. The van der Waals surface area contributed by atoms with Crippen LogP contribution in [0, 0.1) is 23.3 Å². The van der Waals surface area contributed by atoms with Crippen LogP contribution in [-0.4, -0.2) is 0 Å². The van der Waals surface area contributed by atoms with Crippen LogP contribution in [0.3, 0.4) is 0 Å². The van der Waals surface area contributed by atoms with Crippen molar-refractivity contribution in [3.8, 4) is 0 Å². The number of rotatable bonds is 8. The number of benzene rings is 2. The van der Waals surface area contributed by atoms with E-state index in [2.05, 4.69) is 6.92 Å². The van der Waals surface area contributed by atoms with E-state index in [0.717, 1.165) is 25.7 Å². The van der Waals surface area contributed by atoms with Gasteiger partial charge in [0, 0.05) is 0 Å². The Morgan fingerprint density at radius 2 is 1.07 bits per heavy atom. The molecule has 30 heavy (non-hydrogen) atoms. The van der Waals surface area contributed by atoms with Gasteiger partial charge in [-0.1, -0.05) is 57.4 Å². The smallest absolute Gasteiger partial charge is 0.162 e. The van der Waals surface area contributed by atoms with Gasteiger partial charge < -0.3 is 0 Å². The second kappa shape index (κ2) is 10.5. The molecule has 164 valence electrons. The van der Waals surface area contributed by atoms with Gasteiger partial charge in [0.25, 0.3) is 0 Å². The van der Waals surface area contributed by atoms with Crippen molar-refractivity contribution < 1.29 is 17.6 Å². The molecule has 0 radical (unpaired) electrons. The summed E-state index contributed by atoms with van der Waals surface area (Å²) < 4.78 is 58.2. The summed E-state index contributed by atoms with van der Waals surface area (Å²) >= 11 is 0. The molecule has 0 aromatic heterocycles. The summed E-state index contributed by atoms with van der Waals surface area (Å²) in [5.41, 5.74) is 1.71. The van der Waals surface area contributed by atoms with E-state index in [1.807, 2.05) is 6.92 Å². The fourth-order valence-corrected chi connectivity index (χ4v) is 4.78. The minimum absolute atomic E-state index is 0.0762. The Kier molecular flexibility index (Phi) is 7.96. The first-order valence-corrected chi connectivity index (χ1v) is 11.4. The van der Waals surface area contributed by atoms with E-state index in [0.29, 0.717) is 60.8 Å². The minimum Gasteiger partial charge on any atom is -0.203 e. The van der Waals surface area contributed by atoms with E-state index < -0.39 is 23.3 Å². The van der Waals surface area contributed by atoms with E-state index in [9.17, 15) is 17.6 Å². The molecule has 0 bridgehead atoms. The lowest BCUT2D eigenvalue weighted by atomic mass is 9.75. The molecule has 0 nitrogen and oxygen atoms in total. The van der Waals surface area contributed by atoms with Crippen LogP contribution in [0.15, 0.2) is 24.3 Å². The van der Waals surface area contributed by atoms with Crippen LogP contribution in [0.5, 0.6) is 0 Å². The molecule has 0 saturated heterocycles. The van der Waals surface area contributed by atoms with Gasteiger partial charge in [0.2, 0.25) is 0 Å². The number of aryl methyl sites for hydroxylation is 2. The minimum atomic E-state index is -0.738.